The summed E-state index contributed by atoms with van der Waals surface area (Å²) < 4.78 is 6.54. The van der Waals surface area contributed by atoms with Crippen molar-refractivity contribution in [2.24, 2.45) is 0 Å². The number of carboxylic acid groups (broad SMARTS) is 2. The topological polar surface area (TPSA) is 102 Å². The first kappa shape index (κ1) is 11.6. The molecule has 1 aromatic rings. The van der Waals surface area contributed by atoms with Crippen LogP contribution in [0.5, 0.6) is 0 Å². The zero-order chi connectivity index (χ0) is 12.4. The first-order chi connectivity index (χ1) is 8.09. The van der Waals surface area contributed by atoms with Crippen molar-refractivity contribution in [2.75, 3.05) is 6.61 Å². The zero-order valence-electron chi connectivity index (χ0n) is 9.00. The summed E-state index contributed by atoms with van der Waals surface area (Å²) in [5, 5.41) is 21.5. The normalized spacial score (nSPS) is 20.1. The molecule has 1 unspecified atom stereocenters. The average molecular weight is 240 g/mol. The Kier molecular flexibility index (Phi) is 3.10. The second-order valence-corrected chi connectivity index (χ2v) is 3.79. The Morgan fingerprint density at radius 3 is 2.65 bits per heavy atom. The van der Waals surface area contributed by atoms with Gasteiger partial charge in [-0.1, -0.05) is 0 Å². The fraction of sp³-hybridized carbons (Fsp3) is 0.500. The number of carboxylic acids is 2. The van der Waals surface area contributed by atoms with Gasteiger partial charge in [0.25, 0.3) is 0 Å². The number of carbonyl (C=O) groups is 2. The number of rotatable bonds is 3. The van der Waals surface area contributed by atoms with Gasteiger partial charge < -0.3 is 14.9 Å². The van der Waals surface area contributed by atoms with Crippen molar-refractivity contribution in [3.8, 4) is 0 Å². The highest BCUT2D eigenvalue weighted by Crippen LogP contribution is 2.23. The van der Waals surface area contributed by atoms with E-state index in [4.69, 9.17) is 14.9 Å². The molecule has 7 nitrogen and oxygen atoms in total. The molecule has 0 spiro atoms. The predicted molar refractivity (Wildman–Crippen MR) is 55.0 cm³/mol. The molecule has 0 aromatic carbocycles. The predicted octanol–water partition coefficient (Wildman–Crippen LogP) is 0.979. The van der Waals surface area contributed by atoms with Gasteiger partial charge in [0.15, 0.2) is 11.9 Å². The van der Waals surface area contributed by atoms with E-state index in [2.05, 4.69) is 5.10 Å². The fourth-order valence-corrected chi connectivity index (χ4v) is 1.79. The molecule has 1 atom stereocenters. The van der Waals surface area contributed by atoms with Gasteiger partial charge in [-0.2, -0.15) is 5.10 Å². The minimum Gasteiger partial charge on any atom is -0.477 e. The monoisotopic (exact) mass is 240 g/mol. The molecule has 0 saturated carbocycles. The second kappa shape index (κ2) is 4.54. The molecule has 0 amide bonds. The van der Waals surface area contributed by atoms with Gasteiger partial charge in [0.2, 0.25) is 0 Å². The van der Waals surface area contributed by atoms with Gasteiger partial charge in [0.1, 0.15) is 5.69 Å². The van der Waals surface area contributed by atoms with E-state index in [-0.39, 0.29) is 11.4 Å². The largest absolute Gasteiger partial charge is 0.477 e. The van der Waals surface area contributed by atoms with Crippen LogP contribution in [-0.4, -0.2) is 38.5 Å². The summed E-state index contributed by atoms with van der Waals surface area (Å²) in [6.45, 7) is 0.534. The van der Waals surface area contributed by atoms with Crippen LogP contribution in [0.15, 0.2) is 6.07 Å². The molecule has 2 rings (SSSR count). The SMILES string of the molecule is O=C(O)c1cc(C(=O)O)n(C2CCCCO2)n1. The summed E-state index contributed by atoms with van der Waals surface area (Å²) in [6, 6.07) is 1.04. The van der Waals surface area contributed by atoms with Gasteiger partial charge in [-0.25, -0.2) is 14.3 Å². The summed E-state index contributed by atoms with van der Waals surface area (Å²) in [4.78, 5) is 21.8. The van der Waals surface area contributed by atoms with Crippen molar-refractivity contribution >= 4 is 11.9 Å². The fourth-order valence-electron chi connectivity index (χ4n) is 1.79. The van der Waals surface area contributed by atoms with Crippen LogP contribution in [0.25, 0.3) is 0 Å². The highest BCUT2D eigenvalue weighted by Gasteiger charge is 2.25. The first-order valence-electron chi connectivity index (χ1n) is 5.27. The van der Waals surface area contributed by atoms with Gasteiger partial charge >= 0.3 is 11.9 Å². The number of nitrogens with zero attached hydrogens (tertiary/aromatic N) is 2. The Morgan fingerprint density at radius 1 is 1.35 bits per heavy atom. The summed E-state index contributed by atoms with van der Waals surface area (Å²) in [7, 11) is 0. The molecule has 0 aliphatic carbocycles. The van der Waals surface area contributed by atoms with E-state index < -0.39 is 18.2 Å². The minimum absolute atomic E-state index is 0.158. The zero-order valence-corrected chi connectivity index (χ0v) is 9.00. The third-order valence-electron chi connectivity index (χ3n) is 2.60. The van der Waals surface area contributed by atoms with Gasteiger partial charge in [0.05, 0.1) is 0 Å². The highest BCUT2D eigenvalue weighted by molar-refractivity contribution is 5.91. The summed E-state index contributed by atoms with van der Waals surface area (Å²) in [5.74, 6) is -2.46. The number of aromatic nitrogens is 2. The maximum atomic E-state index is 11.0. The first-order valence-corrected chi connectivity index (χ1v) is 5.27. The van der Waals surface area contributed by atoms with Crippen LogP contribution in [0, 0.1) is 0 Å². The Bertz CT molecular complexity index is 448. The lowest BCUT2D eigenvalue weighted by molar-refractivity contribution is -0.0414. The van der Waals surface area contributed by atoms with E-state index >= 15 is 0 Å². The van der Waals surface area contributed by atoms with Crippen LogP contribution in [0.3, 0.4) is 0 Å². The van der Waals surface area contributed by atoms with Crippen molar-refractivity contribution < 1.29 is 24.5 Å². The molecule has 7 heteroatoms. The van der Waals surface area contributed by atoms with Crippen molar-refractivity contribution in [2.45, 2.75) is 25.5 Å². The molecular formula is C10H12N2O5. The molecule has 0 bridgehead atoms. The minimum atomic E-state index is -1.25. The standard InChI is InChI=1S/C10H12N2O5/c13-9(14)6-5-7(10(15)16)12(11-6)8-3-1-2-4-17-8/h5,8H,1-4H2,(H,13,14)(H,15,16). The van der Waals surface area contributed by atoms with Crippen LogP contribution < -0.4 is 0 Å². The second-order valence-electron chi connectivity index (χ2n) is 3.79. The van der Waals surface area contributed by atoms with E-state index in [0.29, 0.717) is 13.0 Å². The van der Waals surface area contributed by atoms with Crippen molar-refractivity contribution in [1.29, 1.82) is 0 Å². The molecule has 17 heavy (non-hydrogen) atoms. The lowest BCUT2D eigenvalue weighted by Gasteiger charge is -2.23. The smallest absolute Gasteiger partial charge is 0.356 e. The molecule has 1 aliphatic heterocycles. The summed E-state index contributed by atoms with van der Waals surface area (Å²) in [5.41, 5.74) is -0.439. The van der Waals surface area contributed by atoms with Crippen molar-refractivity contribution in [3.05, 3.63) is 17.5 Å². The average Bonchev–Trinajstić information content (AvgIpc) is 2.75. The molecule has 92 valence electrons. The maximum Gasteiger partial charge on any atom is 0.356 e. The van der Waals surface area contributed by atoms with Gasteiger partial charge in [-0.3, -0.25) is 0 Å². The van der Waals surface area contributed by atoms with Crippen molar-refractivity contribution in [3.63, 3.8) is 0 Å². The van der Waals surface area contributed by atoms with E-state index in [1.54, 1.807) is 0 Å². The third-order valence-corrected chi connectivity index (χ3v) is 2.60. The number of ether oxygens (including phenoxy) is 1. The van der Waals surface area contributed by atoms with Gasteiger partial charge in [0, 0.05) is 12.7 Å². The van der Waals surface area contributed by atoms with E-state index in [1.807, 2.05) is 0 Å². The van der Waals surface area contributed by atoms with Crippen LogP contribution in [0.4, 0.5) is 0 Å². The van der Waals surface area contributed by atoms with Crippen LogP contribution in [0.1, 0.15) is 46.5 Å². The van der Waals surface area contributed by atoms with Gasteiger partial charge in [-0.05, 0) is 19.3 Å². The van der Waals surface area contributed by atoms with Crippen LogP contribution >= 0.6 is 0 Å². The quantitative estimate of drug-likeness (QED) is 0.816. The number of hydrogen-bond donors (Lipinski definition) is 2. The van der Waals surface area contributed by atoms with E-state index in [0.717, 1.165) is 23.6 Å². The molecule has 2 heterocycles. The lowest BCUT2D eigenvalue weighted by atomic mass is 10.2. The van der Waals surface area contributed by atoms with E-state index in [1.165, 1.54) is 0 Å². The molecule has 1 aromatic heterocycles. The Hall–Kier alpha value is -1.89. The van der Waals surface area contributed by atoms with Crippen LogP contribution in [0.2, 0.25) is 0 Å². The molecular weight excluding hydrogens is 228 g/mol. The molecule has 1 fully saturated rings. The molecule has 0 radical (unpaired) electrons. The Balaban J connectivity index is 2.36. The Morgan fingerprint density at radius 2 is 2.12 bits per heavy atom. The summed E-state index contributed by atoms with van der Waals surface area (Å²) >= 11 is 0. The van der Waals surface area contributed by atoms with Crippen molar-refractivity contribution in [1.82, 2.24) is 9.78 Å². The maximum absolute atomic E-state index is 11.0. The van der Waals surface area contributed by atoms with E-state index in [9.17, 15) is 9.59 Å². The summed E-state index contributed by atoms with van der Waals surface area (Å²) in [6.07, 6.45) is 1.99. The molecule has 1 saturated heterocycles. The number of aromatic carboxylic acids is 2. The number of hydrogen-bond acceptors (Lipinski definition) is 4. The third kappa shape index (κ3) is 2.28. The molecule has 2 N–H and O–H groups in total. The lowest BCUT2D eigenvalue weighted by Crippen LogP contribution is -2.22. The molecule has 1 aliphatic rings. The highest BCUT2D eigenvalue weighted by atomic mass is 16.5. The van der Waals surface area contributed by atoms with Gasteiger partial charge in [-0.15, -0.1) is 0 Å². The Labute approximate surface area is 96.6 Å². The van der Waals surface area contributed by atoms with Crippen LogP contribution in [-0.2, 0) is 4.74 Å².